The van der Waals surface area contributed by atoms with Crippen molar-refractivity contribution in [3.63, 3.8) is 0 Å². The molecule has 0 radical (unpaired) electrons. The van der Waals surface area contributed by atoms with Crippen LogP contribution in [-0.4, -0.2) is 21.3 Å². The number of phenolic OH excluding ortho intramolecular Hbond substituents is 1. The van der Waals surface area contributed by atoms with Gasteiger partial charge in [-0.05, 0) is 87.0 Å². The van der Waals surface area contributed by atoms with Crippen molar-refractivity contribution in [2.75, 3.05) is 0 Å². The first kappa shape index (κ1) is 17.5. The normalized spacial score (nSPS) is 11.4. The predicted octanol–water partition coefficient (Wildman–Crippen LogP) is 3.95. The van der Waals surface area contributed by atoms with Gasteiger partial charge in [0, 0.05) is 22.6 Å². The highest BCUT2D eigenvalue weighted by Crippen LogP contribution is 2.17. The Bertz CT molecular complexity index is 932. The Morgan fingerprint density at radius 3 is 2.00 bits per heavy atom. The molecule has 0 unspecified atom stereocenters. The summed E-state index contributed by atoms with van der Waals surface area (Å²) in [4.78, 5) is 12.3. The van der Waals surface area contributed by atoms with Crippen LogP contribution in [0.4, 0.5) is 0 Å². The molecule has 1 heterocycles. The van der Waals surface area contributed by atoms with Crippen LogP contribution in [0.3, 0.4) is 0 Å². The van der Waals surface area contributed by atoms with Gasteiger partial charge in [-0.1, -0.05) is 0 Å². The third-order valence-corrected chi connectivity index (χ3v) is 4.27. The lowest BCUT2D eigenvalue weighted by Crippen LogP contribution is -2.19. The maximum atomic E-state index is 12.3. The zero-order valence-corrected chi connectivity index (χ0v) is 15.0. The van der Waals surface area contributed by atoms with Crippen molar-refractivity contribution in [3.8, 4) is 11.4 Å². The second-order valence-corrected chi connectivity index (χ2v) is 6.18. The number of aryl methyl sites for hydroxylation is 2. The summed E-state index contributed by atoms with van der Waals surface area (Å²) in [6.07, 6.45) is 0. The zero-order chi connectivity index (χ0) is 18.7. The number of amides is 1. The average molecular weight is 347 g/mol. The SMILES string of the molecule is C/C(=N\NC(=O)c1ccc(-n2c(C)ccc2C)cc1)c1ccc(O)cc1. The molecule has 2 aromatic carbocycles. The Morgan fingerprint density at radius 1 is 0.885 bits per heavy atom. The summed E-state index contributed by atoms with van der Waals surface area (Å²) < 4.78 is 2.13. The molecular formula is C21H21N3O2. The number of carbonyl (C=O) groups excluding carboxylic acids is 1. The Labute approximate surface area is 152 Å². The quantitative estimate of drug-likeness (QED) is 0.554. The van der Waals surface area contributed by atoms with Gasteiger partial charge in [-0.2, -0.15) is 5.10 Å². The Balaban J connectivity index is 1.72. The molecule has 0 saturated heterocycles. The number of nitrogens with zero attached hydrogens (tertiary/aromatic N) is 2. The van der Waals surface area contributed by atoms with Crippen LogP contribution in [0.1, 0.15) is 34.2 Å². The molecule has 3 aromatic rings. The van der Waals surface area contributed by atoms with Crippen molar-refractivity contribution in [2.45, 2.75) is 20.8 Å². The van der Waals surface area contributed by atoms with Gasteiger partial charge in [-0.3, -0.25) is 4.79 Å². The highest BCUT2D eigenvalue weighted by Gasteiger charge is 2.08. The van der Waals surface area contributed by atoms with Crippen LogP contribution >= 0.6 is 0 Å². The number of rotatable bonds is 4. The Kier molecular flexibility index (Phi) is 4.89. The highest BCUT2D eigenvalue weighted by molar-refractivity contribution is 6.00. The van der Waals surface area contributed by atoms with Gasteiger partial charge in [0.1, 0.15) is 5.75 Å². The van der Waals surface area contributed by atoms with E-state index in [9.17, 15) is 9.90 Å². The minimum Gasteiger partial charge on any atom is -0.508 e. The number of hydrazone groups is 1. The summed E-state index contributed by atoms with van der Waals surface area (Å²) in [6, 6.07) is 18.2. The summed E-state index contributed by atoms with van der Waals surface area (Å²) in [6.45, 7) is 5.90. The summed E-state index contributed by atoms with van der Waals surface area (Å²) in [5.74, 6) is -0.0746. The van der Waals surface area contributed by atoms with E-state index in [1.807, 2.05) is 12.1 Å². The van der Waals surface area contributed by atoms with Crippen LogP contribution in [0.25, 0.3) is 5.69 Å². The lowest BCUT2D eigenvalue weighted by molar-refractivity contribution is 0.0955. The van der Waals surface area contributed by atoms with E-state index >= 15 is 0 Å². The molecule has 26 heavy (non-hydrogen) atoms. The van der Waals surface area contributed by atoms with Crippen LogP contribution in [0.15, 0.2) is 65.8 Å². The number of carbonyl (C=O) groups is 1. The smallest absolute Gasteiger partial charge is 0.271 e. The first-order valence-electron chi connectivity index (χ1n) is 8.35. The summed E-state index contributed by atoms with van der Waals surface area (Å²) in [5.41, 5.74) is 7.91. The molecule has 5 heteroatoms. The van der Waals surface area contributed by atoms with Crippen molar-refractivity contribution in [3.05, 3.63) is 83.2 Å². The molecule has 0 saturated carbocycles. The van der Waals surface area contributed by atoms with Crippen LogP contribution < -0.4 is 5.43 Å². The fourth-order valence-electron chi connectivity index (χ4n) is 2.80. The molecule has 0 spiro atoms. The molecule has 0 atom stereocenters. The number of benzene rings is 2. The lowest BCUT2D eigenvalue weighted by Gasteiger charge is -2.10. The number of phenols is 1. The molecule has 3 rings (SSSR count). The van der Waals surface area contributed by atoms with Crippen LogP contribution in [-0.2, 0) is 0 Å². The van der Waals surface area contributed by atoms with Crippen molar-refractivity contribution in [1.29, 1.82) is 0 Å². The van der Waals surface area contributed by atoms with E-state index in [2.05, 4.69) is 41.1 Å². The minimum absolute atomic E-state index is 0.193. The minimum atomic E-state index is -0.268. The maximum absolute atomic E-state index is 12.3. The van der Waals surface area contributed by atoms with Crippen LogP contribution in [0, 0.1) is 13.8 Å². The van der Waals surface area contributed by atoms with Gasteiger partial charge >= 0.3 is 0 Å². The third-order valence-electron chi connectivity index (χ3n) is 4.27. The van der Waals surface area contributed by atoms with Crippen molar-refractivity contribution < 1.29 is 9.90 Å². The molecule has 0 aliphatic heterocycles. The second kappa shape index (κ2) is 7.27. The Hall–Kier alpha value is -3.34. The van der Waals surface area contributed by atoms with Crippen molar-refractivity contribution in [1.82, 2.24) is 9.99 Å². The van der Waals surface area contributed by atoms with Crippen molar-refractivity contribution in [2.24, 2.45) is 5.10 Å². The molecule has 0 bridgehead atoms. The van der Waals surface area contributed by atoms with E-state index in [1.165, 1.54) is 0 Å². The topological polar surface area (TPSA) is 66.6 Å². The standard InChI is InChI=1S/C21H21N3O2/c1-14-4-5-15(2)24(14)19-10-6-18(7-11-19)21(26)23-22-16(3)17-8-12-20(25)13-9-17/h4-13,25H,1-3H3,(H,23,26)/b22-16+. The van der Waals surface area contributed by atoms with E-state index in [1.54, 1.807) is 43.3 Å². The number of hydrogen-bond donors (Lipinski definition) is 2. The van der Waals surface area contributed by atoms with E-state index < -0.39 is 0 Å². The van der Waals surface area contributed by atoms with Gasteiger partial charge in [0.25, 0.3) is 5.91 Å². The monoisotopic (exact) mass is 347 g/mol. The molecule has 0 fully saturated rings. The molecule has 0 aliphatic rings. The molecule has 0 aliphatic carbocycles. The first-order chi connectivity index (χ1) is 12.5. The van der Waals surface area contributed by atoms with Crippen LogP contribution in [0.5, 0.6) is 5.75 Å². The highest BCUT2D eigenvalue weighted by atomic mass is 16.3. The average Bonchev–Trinajstić information content (AvgIpc) is 2.98. The fourth-order valence-corrected chi connectivity index (χ4v) is 2.80. The summed E-state index contributed by atoms with van der Waals surface area (Å²) >= 11 is 0. The van der Waals surface area contributed by atoms with E-state index in [4.69, 9.17) is 0 Å². The van der Waals surface area contributed by atoms with Gasteiger partial charge in [-0.25, -0.2) is 5.43 Å². The zero-order valence-electron chi connectivity index (χ0n) is 15.0. The van der Waals surface area contributed by atoms with Gasteiger partial charge in [0.05, 0.1) is 5.71 Å². The molecule has 132 valence electrons. The van der Waals surface area contributed by atoms with E-state index in [0.717, 1.165) is 22.6 Å². The fraction of sp³-hybridized carbons (Fsp3) is 0.143. The van der Waals surface area contributed by atoms with Crippen molar-refractivity contribution >= 4 is 11.6 Å². The maximum Gasteiger partial charge on any atom is 0.271 e. The molecular weight excluding hydrogens is 326 g/mol. The number of nitrogens with one attached hydrogen (secondary N) is 1. The summed E-state index contributed by atoms with van der Waals surface area (Å²) in [5, 5.41) is 13.5. The van der Waals surface area contributed by atoms with Gasteiger partial charge in [0.15, 0.2) is 0 Å². The Morgan fingerprint density at radius 2 is 1.42 bits per heavy atom. The van der Waals surface area contributed by atoms with Gasteiger partial charge in [-0.15, -0.1) is 0 Å². The molecule has 5 nitrogen and oxygen atoms in total. The molecule has 1 amide bonds. The summed E-state index contributed by atoms with van der Waals surface area (Å²) in [7, 11) is 0. The number of aromatic hydroxyl groups is 1. The van der Waals surface area contributed by atoms with E-state index in [0.29, 0.717) is 11.3 Å². The van der Waals surface area contributed by atoms with E-state index in [-0.39, 0.29) is 11.7 Å². The van der Waals surface area contributed by atoms with Gasteiger partial charge < -0.3 is 9.67 Å². The number of hydrogen-bond acceptors (Lipinski definition) is 3. The van der Waals surface area contributed by atoms with Gasteiger partial charge in [0.2, 0.25) is 0 Å². The first-order valence-corrected chi connectivity index (χ1v) is 8.35. The molecule has 2 N–H and O–H groups in total. The van der Waals surface area contributed by atoms with Crippen LogP contribution in [0.2, 0.25) is 0 Å². The number of aromatic nitrogens is 1. The lowest BCUT2D eigenvalue weighted by atomic mass is 10.1. The largest absolute Gasteiger partial charge is 0.508 e. The third kappa shape index (κ3) is 3.67. The second-order valence-electron chi connectivity index (χ2n) is 6.18. The molecule has 1 aromatic heterocycles. The predicted molar refractivity (Wildman–Crippen MR) is 103 cm³/mol.